The van der Waals surface area contributed by atoms with Gasteiger partial charge in [-0.2, -0.15) is 4.31 Å². The molecule has 1 aliphatic carbocycles. The van der Waals surface area contributed by atoms with Crippen molar-refractivity contribution in [3.05, 3.63) is 16.3 Å². The quantitative estimate of drug-likeness (QED) is 0.815. The number of hydrogen-bond donors (Lipinski definition) is 1. The Bertz CT molecular complexity index is 532. The van der Waals surface area contributed by atoms with Crippen LogP contribution in [-0.2, 0) is 16.6 Å². The highest BCUT2D eigenvalue weighted by molar-refractivity contribution is 7.89. The van der Waals surface area contributed by atoms with Gasteiger partial charge in [-0.25, -0.2) is 8.42 Å². The van der Waals surface area contributed by atoms with Crippen LogP contribution >= 0.6 is 11.3 Å². The van der Waals surface area contributed by atoms with Gasteiger partial charge in [0, 0.05) is 29.9 Å². The summed E-state index contributed by atoms with van der Waals surface area (Å²) in [5.74, 6) is 0. The second kappa shape index (κ2) is 7.72. The number of hydrogen-bond acceptors (Lipinski definition) is 4. The van der Waals surface area contributed by atoms with Gasteiger partial charge >= 0.3 is 0 Å². The smallest absolute Gasteiger partial charge is 0.243 e. The van der Waals surface area contributed by atoms with E-state index in [-0.39, 0.29) is 6.04 Å². The summed E-state index contributed by atoms with van der Waals surface area (Å²) in [5, 5.41) is 5.01. The van der Waals surface area contributed by atoms with Gasteiger partial charge in [-0.1, -0.05) is 32.6 Å². The molecule has 6 heteroatoms. The van der Waals surface area contributed by atoms with E-state index in [1.807, 2.05) is 13.0 Å². The molecule has 0 spiro atoms. The third-order valence-electron chi connectivity index (χ3n) is 4.19. The first-order valence-electron chi connectivity index (χ1n) is 7.82. The van der Waals surface area contributed by atoms with Crippen LogP contribution in [0.4, 0.5) is 0 Å². The van der Waals surface area contributed by atoms with Crippen molar-refractivity contribution in [1.82, 2.24) is 9.62 Å². The molecular formula is C15H26N2O2S2. The van der Waals surface area contributed by atoms with Crippen LogP contribution in [0.3, 0.4) is 0 Å². The summed E-state index contributed by atoms with van der Waals surface area (Å²) >= 11 is 1.52. The summed E-state index contributed by atoms with van der Waals surface area (Å²) in [7, 11) is -1.60. The molecule has 1 aliphatic rings. The molecule has 21 heavy (non-hydrogen) atoms. The van der Waals surface area contributed by atoms with E-state index < -0.39 is 10.0 Å². The van der Waals surface area contributed by atoms with Gasteiger partial charge < -0.3 is 5.32 Å². The topological polar surface area (TPSA) is 49.4 Å². The fourth-order valence-electron chi connectivity index (χ4n) is 2.82. The summed E-state index contributed by atoms with van der Waals surface area (Å²) in [5.41, 5.74) is 0. The zero-order valence-electron chi connectivity index (χ0n) is 13.0. The largest absolute Gasteiger partial charge is 0.312 e. The molecule has 0 unspecified atom stereocenters. The predicted octanol–water partition coefficient (Wildman–Crippen LogP) is 3.20. The Hall–Kier alpha value is -0.430. The van der Waals surface area contributed by atoms with E-state index in [2.05, 4.69) is 5.32 Å². The van der Waals surface area contributed by atoms with Gasteiger partial charge in [0.2, 0.25) is 10.0 Å². The Labute approximate surface area is 132 Å². The second-order valence-electron chi connectivity index (χ2n) is 5.70. The molecule has 2 rings (SSSR count). The van der Waals surface area contributed by atoms with Gasteiger partial charge in [0.1, 0.15) is 0 Å². The molecular weight excluding hydrogens is 304 g/mol. The maximum Gasteiger partial charge on any atom is 0.243 e. The molecule has 4 nitrogen and oxygen atoms in total. The highest BCUT2D eigenvalue weighted by atomic mass is 32.2. The molecule has 0 aliphatic heterocycles. The van der Waals surface area contributed by atoms with Crippen LogP contribution in [0.5, 0.6) is 0 Å². The van der Waals surface area contributed by atoms with Gasteiger partial charge in [0.25, 0.3) is 0 Å². The highest BCUT2D eigenvalue weighted by Gasteiger charge is 2.29. The van der Waals surface area contributed by atoms with Crippen LogP contribution in [0.1, 0.15) is 50.3 Å². The van der Waals surface area contributed by atoms with Crippen molar-refractivity contribution in [3.8, 4) is 0 Å². The highest BCUT2D eigenvalue weighted by Crippen LogP contribution is 2.28. The summed E-state index contributed by atoms with van der Waals surface area (Å²) in [6, 6.07) is 1.98. The molecule has 1 fully saturated rings. The predicted molar refractivity (Wildman–Crippen MR) is 88.1 cm³/mol. The number of nitrogens with zero attached hydrogens (tertiary/aromatic N) is 1. The molecule has 120 valence electrons. The summed E-state index contributed by atoms with van der Waals surface area (Å²) in [6.45, 7) is 3.68. The van der Waals surface area contributed by atoms with Crippen molar-refractivity contribution in [2.75, 3.05) is 13.6 Å². The average molecular weight is 331 g/mol. The third kappa shape index (κ3) is 4.28. The molecule has 0 saturated heterocycles. The Morgan fingerprint density at radius 1 is 1.29 bits per heavy atom. The van der Waals surface area contributed by atoms with Crippen LogP contribution in [0, 0.1) is 0 Å². The van der Waals surface area contributed by atoms with Gasteiger partial charge in [0.15, 0.2) is 0 Å². The van der Waals surface area contributed by atoms with Gasteiger partial charge in [-0.3, -0.25) is 0 Å². The minimum absolute atomic E-state index is 0.162. The molecule has 0 amide bonds. The fraction of sp³-hybridized carbons (Fsp3) is 0.733. The number of sulfonamides is 1. The average Bonchev–Trinajstić information content (AvgIpc) is 2.79. The van der Waals surface area contributed by atoms with E-state index in [1.54, 1.807) is 16.7 Å². The zero-order valence-corrected chi connectivity index (χ0v) is 14.6. The van der Waals surface area contributed by atoms with Crippen molar-refractivity contribution >= 4 is 21.4 Å². The molecule has 0 aromatic carbocycles. The standard InChI is InChI=1S/C15H26N2O2S2/c1-3-16-11-14-10-15(12-20-14)21(18,19)17(2)13-8-6-4-5-7-9-13/h10,12-13,16H,3-9,11H2,1-2H3. The minimum atomic E-state index is -3.34. The first kappa shape index (κ1) is 16.9. The Morgan fingerprint density at radius 3 is 2.57 bits per heavy atom. The van der Waals surface area contributed by atoms with Gasteiger partial charge in [-0.05, 0) is 25.5 Å². The SMILES string of the molecule is CCNCc1cc(S(=O)(=O)N(C)C2CCCCCC2)cs1. The molecule has 0 atom stereocenters. The van der Waals surface area contributed by atoms with Crippen molar-refractivity contribution in [2.24, 2.45) is 0 Å². The molecule has 0 radical (unpaired) electrons. The first-order chi connectivity index (χ1) is 10.1. The normalized spacial score (nSPS) is 18.0. The Morgan fingerprint density at radius 2 is 1.95 bits per heavy atom. The molecule has 1 saturated carbocycles. The number of thiophene rings is 1. The maximum absolute atomic E-state index is 12.7. The summed E-state index contributed by atoms with van der Waals surface area (Å²) in [4.78, 5) is 1.52. The van der Waals surface area contributed by atoms with Crippen LogP contribution in [0.15, 0.2) is 16.3 Å². The third-order valence-corrected chi connectivity index (χ3v) is 7.17. The number of rotatable bonds is 6. The molecule has 1 heterocycles. The first-order valence-corrected chi connectivity index (χ1v) is 10.1. The van der Waals surface area contributed by atoms with E-state index in [1.165, 1.54) is 24.2 Å². The van der Waals surface area contributed by atoms with Gasteiger partial charge in [-0.15, -0.1) is 11.3 Å². The molecule has 1 aromatic rings. The van der Waals surface area contributed by atoms with Crippen LogP contribution in [0.2, 0.25) is 0 Å². The van der Waals surface area contributed by atoms with Gasteiger partial charge in [0.05, 0.1) is 4.90 Å². The lowest BCUT2D eigenvalue weighted by Crippen LogP contribution is -2.36. The van der Waals surface area contributed by atoms with Crippen molar-refractivity contribution in [3.63, 3.8) is 0 Å². The Balaban J connectivity index is 2.10. The number of nitrogens with one attached hydrogen (secondary N) is 1. The van der Waals surface area contributed by atoms with E-state index in [0.717, 1.165) is 43.6 Å². The van der Waals surface area contributed by atoms with Crippen molar-refractivity contribution in [2.45, 2.75) is 62.9 Å². The lowest BCUT2D eigenvalue weighted by atomic mass is 10.1. The Kier molecular flexibility index (Phi) is 6.22. The van der Waals surface area contributed by atoms with Crippen LogP contribution in [-0.4, -0.2) is 32.4 Å². The maximum atomic E-state index is 12.7. The van der Waals surface area contributed by atoms with Crippen LogP contribution in [0.25, 0.3) is 0 Å². The zero-order chi connectivity index (χ0) is 15.3. The molecule has 1 aromatic heterocycles. The van der Waals surface area contributed by atoms with Crippen molar-refractivity contribution < 1.29 is 8.42 Å². The van der Waals surface area contributed by atoms with Crippen LogP contribution < -0.4 is 5.32 Å². The van der Waals surface area contributed by atoms with E-state index in [0.29, 0.717) is 4.90 Å². The lowest BCUT2D eigenvalue weighted by molar-refractivity contribution is 0.336. The monoisotopic (exact) mass is 330 g/mol. The second-order valence-corrected chi connectivity index (χ2v) is 8.69. The minimum Gasteiger partial charge on any atom is -0.312 e. The fourth-order valence-corrected chi connectivity index (χ4v) is 5.47. The summed E-state index contributed by atoms with van der Waals surface area (Å²) < 4.78 is 27.1. The van der Waals surface area contributed by atoms with E-state index in [9.17, 15) is 8.42 Å². The lowest BCUT2D eigenvalue weighted by Gasteiger charge is -2.26. The summed E-state index contributed by atoms with van der Waals surface area (Å²) in [6.07, 6.45) is 6.72. The van der Waals surface area contributed by atoms with Crippen molar-refractivity contribution in [1.29, 1.82) is 0 Å². The molecule has 1 N–H and O–H groups in total. The molecule has 0 bridgehead atoms. The van der Waals surface area contributed by atoms with E-state index in [4.69, 9.17) is 0 Å². The van der Waals surface area contributed by atoms with E-state index >= 15 is 0 Å².